The van der Waals surface area contributed by atoms with Gasteiger partial charge in [-0.25, -0.2) is 0 Å². The number of allylic oxidation sites excluding steroid dienone is 1. The molecule has 16 heavy (non-hydrogen) atoms. The van der Waals surface area contributed by atoms with Crippen LogP contribution in [0.5, 0.6) is 0 Å². The van der Waals surface area contributed by atoms with E-state index in [9.17, 15) is 4.79 Å². The predicted molar refractivity (Wildman–Crippen MR) is 64.3 cm³/mol. The van der Waals surface area contributed by atoms with E-state index in [1.807, 2.05) is 23.6 Å². The molecule has 0 radical (unpaired) electrons. The van der Waals surface area contributed by atoms with Gasteiger partial charge in [0.15, 0.2) is 0 Å². The molecule has 0 saturated carbocycles. The Labute approximate surface area is 97.6 Å². The van der Waals surface area contributed by atoms with Gasteiger partial charge in [-0.2, -0.15) is 0 Å². The Morgan fingerprint density at radius 2 is 2.06 bits per heavy atom. The quantitative estimate of drug-likeness (QED) is 0.716. The summed E-state index contributed by atoms with van der Waals surface area (Å²) >= 11 is 1.68. The minimum atomic E-state index is 0.00720. The summed E-state index contributed by atoms with van der Waals surface area (Å²) < 4.78 is 0. The lowest BCUT2D eigenvalue weighted by atomic mass is 10.0. The molecule has 2 aliphatic heterocycles. The molecule has 0 atom stereocenters. The van der Waals surface area contributed by atoms with E-state index in [1.165, 1.54) is 4.90 Å². The summed E-state index contributed by atoms with van der Waals surface area (Å²) in [5.74, 6) is 0.00720. The second-order valence-corrected chi connectivity index (χ2v) is 4.61. The van der Waals surface area contributed by atoms with Crippen molar-refractivity contribution in [3.63, 3.8) is 0 Å². The van der Waals surface area contributed by atoms with Crippen molar-refractivity contribution in [2.24, 2.45) is 0 Å². The van der Waals surface area contributed by atoms with Crippen LogP contribution in [0.2, 0.25) is 0 Å². The van der Waals surface area contributed by atoms with Crippen LogP contribution in [0.4, 0.5) is 0 Å². The summed E-state index contributed by atoms with van der Waals surface area (Å²) in [5.41, 5.74) is 8.84. The Balaban J connectivity index is 2.17. The number of rotatable bonds is 0. The number of hydrogen-bond donors (Lipinski definition) is 2. The van der Waals surface area contributed by atoms with Gasteiger partial charge < -0.3 is 0 Å². The summed E-state index contributed by atoms with van der Waals surface area (Å²) in [6.07, 6.45) is 2.44. The van der Waals surface area contributed by atoms with E-state index in [1.54, 1.807) is 11.8 Å². The largest absolute Gasteiger partial charge is 0.298 e. The number of benzene rings is 1. The Hall–Kier alpha value is -1.68. The molecule has 0 bridgehead atoms. The number of hydrazine groups is 1. The first-order valence-electron chi connectivity index (χ1n) is 5.05. The normalized spacial score (nSPS) is 18.1. The second kappa shape index (κ2) is 3.72. The highest BCUT2D eigenvalue weighted by molar-refractivity contribution is 8.02. The van der Waals surface area contributed by atoms with Crippen LogP contribution in [-0.2, 0) is 4.79 Å². The van der Waals surface area contributed by atoms with Crippen molar-refractivity contribution in [1.29, 1.82) is 0 Å². The molecule has 2 N–H and O–H groups in total. The SMILES string of the molecule is O=C1CC2=C(NN1)c1ccccc1SC=C2. The highest BCUT2D eigenvalue weighted by Gasteiger charge is 2.20. The van der Waals surface area contributed by atoms with E-state index in [4.69, 9.17) is 0 Å². The summed E-state index contributed by atoms with van der Waals surface area (Å²) in [7, 11) is 0. The summed E-state index contributed by atoms with van der Waals surface area (Å²) in [6.45, 7) is 0. The maximum Gasteiger partial charge on any atom is 0.242 e. The molecule has 2 heterocycles. The third kappa shape index (κ3) is 1.51. The van der Waals surface area contributed by atoms with Crippen molar-refractivity contribution in [2.45, 2.75) is 11.3 Å². The summed E-state index contributed by atoms with van der Waals surface area (Å²) in [5, 5.41) is 2.03. The fraction of sp³-hybridized carbons (Fsp3) is 0.0833. The highest BCUT2D eigenvalue weighted by Crippen LogP contribution is 2.34. The van der Waals surface area contributed by atoms with Crippen molar-refractivity contribution in [3.05, 3.63) is 46.9 Å². The van der Waals surface area contributed by atoms with Gasteiger partial charge in [-0.3, -0.25) is 15.6 Å². The molecule has 1 amide bonds. The molecular weight excluding hydrogens is 220 g/mol. The average molecular weight is 230 g/mol. The van der Waals surface area contributed by atoms with E-state index in [0.717, 1.165) is 16.8 Å². The van der Waals surface area contributed by atoms with Gasteiger partial charge in [0.25, 0.3) is 0 Å². The van der Waals surface area contributed by atoms with Crippen LogP contribution < -0.4 is 10.9 Å². The smallest absolute Gasteiger partial charge is 0.242 e. The van der Waals surface area contributed by atoms with Crippen LogP contribution in [0.1, 0.15) is 12.0 Å². The van der Waals surface area contributed by atoms with E-state index in [2.05, 4.69) is 23.0 Å². The molecule has 0 saturated heterocycles. The highest BCUT2D eigenvalue weighted by atomic mass is 32.2. The van der Waals surface area contributed by atoms with Crippen LogP contribution >= 0.6 is 11.8 Å². The van der Waals surface area contributed by atoms with Crippen molar-refractivity contribution < 1.29 is 4.79 Å². The number of thioether (sulfide) groups is 1. The zero-order valence-corrected chi connectivity index (χ0v) is 9.30. The number of carbonyl (C=O) groups is 1. The third-order valence-electron chi connectivity index (χ3n) is 2.62. The van der Waals surface area contributed by atoms with Gasteiger partial charge in [-0.15, -0.1) is 0 Å². The maximum atomic E-state index is 11.3. The first kappa shape index (κ1) is 9.54. The van der Waals surface area contributed by atoms with Crippen molar-refractivity contribution in [2.75, 3.05) is 0 Å². The van der Waals surface area contributed by atoms with E-state index in [-0.39, 0.29) is 5.91 Å². The number of amides is 1. The molecule has 4 heteroatoms. The van der Waals surface area contributed by atoms with Gasteiger partial charge in [0.1, 0.15) is 0 Å². The van der Waals surface area contributed by atoms with Gasteiger partial charge >= 0.3 is 0 Å². The Morgan fingerprint density at radius 1 is 1.19 bits per heavy atom. The molecule has 3 rings (SSSR count). The van der Waals surface area contributed by atoms with Crippen LogP contribution in [0, 0.1) is 0 Å². The third-order valence-corrected chi connectivity index (χ3v) is 3.50. The predicted octanol–water partition coefficient (Wildman–Crippen LogP) is 2.04. The van der Waals surface area contributed by atoms with Crippen LogP contribution in [0.3, 0.4) is 0 Å². The first-order valence-corrected chi connectivity index (χ1v) is 5.93. The monoisotopic (exact) mass is 230 g/mol. The van der Waals surface area contributed by atoms with Gasteiger partial charge in [-0.05, 0) is 23.1 Å². The molecular formula is C12H10N2OS. The lowest BCUT2D eigenvalue weighted by Gasteiger charge is -2.21. The second-order valence-electron chi connectivity index (χ2n) is 3.67. The maximum absolute atomic E-state index is 11.3. The van der Waals surface area contributed by atoms with E-state index >= 15 is 0 Å². The van der Waals surface area contributed by atoms with Crippen molar-refractivity contribution in [3.8, 4) is 0 Å². The van der Waals surface area contributed by atoms with Gasteiger partial charge in [0, 0.05) is 10.5 Å². The van der Waals surface area contributed by atoms with Gasteiger partial charge in [-0.1, -0.05) is 30.0 Å². The van der Waals surface area contributed by atoms with E-state index in [0.29, 0.717) is 6.42 Å². The average Bonchev–Trinajstić information content (AvgIpc) is 2.47. The zero-order valence-electron chi connectivity index (χ0n) is 8.49. The van der Waals surface area contributed by atoms with Crippen molar-refractivity contribution in [1.82, 2.24) is 10.9 Å². The molecule has 2 aliphatic rings. The zero-order chi connectivity index (χ0) is 11.0. The molecule has 0 unspecified atom stereocenters. The lowest BCUT2D eigenvalue weighted by Crippen LogP contribution is -2.40. The molecule has 1 aromatic rings. The fourth-order valence-electron chi connectivity index (χ4n) is 1.87. The topological polar surface area (TPSA) is 41.1 Å². The molecule has 0 aliphatic carbocycles. The van der Waals surface area contributed by atoms with Gasteiger partial charge in [0.2, 0.25) is 5.91 Å². The van der Waals surface area contributed by atoms with Crippen molar-refractivity contribution >= 4 is 23.4 Å². The Morgan fingerprint density at radius 3 is 3.00 bits per heavy atom. The molecule has 3 nitrogen and oxygen atoms in total. The minimum Gasteiger partial charge on any atom is -0.298 e. The van der Waals surface area contributed by atoms with Crippen LogP contribution in [-0.4, -0.2) is 5.91 Å². The molecule has 0 fully saturated rings. The molecule has 0 aromatic heterocycles. The standard InChI is InChI=1S/C12H10N2OS/c15-11-7-8-5-6-16-10-4-2-1-3-9(10)12(8)14-13-11/h1-6,14H,7H2,(H,13,15). The number of carbonyl (C=O) groups excluding carboxylic acids is 1. The fourth-order valence-corrected chi connectivity index (χ4v) is 2.70. The molecule has 80 valence electrons. The van der Waals surface area contributed by atoms with E-state index < -0.39 is 0 Å². The Bertz CT molecular complexity index is 520. The molecule has 1 aromatic carbocycles. The molecule has 0 spiro atoms. The minimum absolute atomic E-state index is 0.00720. The lowest BCUT2D eigenvalue weighted by molar-refractivity contribution is -0.121. The van der Waals surface area contributed by atoms with Crippen LogP contribution in [0.25, 0.3) is 5.70 Å². The van der Waals surface area contributed by atoms with Crippen LogP contribution in [0.15, 0.2) is 46.2 Å². The van der Waals surface area contributed by atoms with Gasteiger partial charge in [0.05, 0.1) is 12.1 Å². The summed E-state index contributed by atoms with van der Waals surface area (Å²) in [6, 6.07) is 8.17. The number of hydrogen-bond acceptors (Lipinski definition) is 3. The number of fused-ring (bicyclic) bond motifs is 2. The number of nitrogens with one attached hydrogen (secondary N) is 2. The first-order chi connectivity index (χ1) is 7.84. The Kier molecular flexibility index (Phi) is 2.22. The summed E-state index contributed by atoms with van der Waals surface area (Å²) in [4.78, 5) is 12.5.